The van der Waals surface area contributed by atoms with Gasteiger partial charge >= 0.3 is 5.97 Å². The molecule has 0 saturated carbocycles. The van der Waals surface area contributed by atoms with E-state index in [2.05, 4.69) is 10.1 Å². The lowest BCUT2D eigenvalue weighted by Crippen LogP contribution is -2.07. The summed E-state index contributed by atoms with van der Waals surface area (Å²) in [7, 11) is 0. The largest absolute Gasteiger partial charge is 0.462 e. The molecule has 0 aliphatic rings. The third kappa shape index (κ3) is 3.49. The molecule has 0 aliphatic carbocycles. The van der Waals surface area contributed by atoms with Crippen molar-refractivity contribution in [1.82, 2.24) is 14.6 Å². The number of halogens is 4. The number of nitrogens with zero attached hydrogens (tertiary/aromatic N) is 3. The number of hydrogen-bond donors (Lipinski definition) is 0. The minimum absolute atomic E-state index is 0.180. The van der Waals surface area contributed by atoms with Gasteiger partial charge in [-0.3, -0.25) is 0 Å². The molecular formula is C17H13Cl4N3O2. The standard InChI is InChI=1S/C17H13Cl4N3O2/c1-3-26-17(25)13-8(2)23-24-15(21)10(14(20)22-16(13)24)6-9-4-5-11(18)12(19)7-9/h4-5,7H,3,6H2,1-2H3. The second-order valence-corrected chi connectivity index (χ2v) is 7.04. The zero-order valence-electron chi connectivity index (χ0n) is 13.8. The molecule has 1 aromatic carbocycles. The zero-order chi connectivity index (χ0) is 19.0. The molecule has 9 heteroatoms. The van der Waals surface area contributed by atoms with Crippen molar-refractivity contribution in [2.45, 2.75) is 20.3 Å². The molecule has 26 heavy (non-hydrogen) atoms. The van der Waals surface area contributed by atoms with Crippen LogP contribution in [0.3, 0.4) is 0 Å². The maximum Gasteiger partial charge on any atom is 0.343 e. The normalized spacial score (nSPS) is 11.2. The van der Waals surface area contributed by atoms with Crippen LogP contribution in [0.2, 0.25) is 20.4 Å². The van der Waals surface area contributed by atoms with Crippen LogP contribution in [0, 0.1) is 6.92 Å². The highest BCUT2D eigenvalue weighted by molar-refractivity contribution is 6.42. The summed E-state index contributed by atoms with van der Waals surface area (Å²) in [6.45, 7) is 3.65. The SMILES string of the molecule is CCOC(=O)c1c(C)nn2c(Cl)c(Cc3ccc(Cl)c(Cl)c3)c(Cl)nc12. The molecule has 0 atom stereocenters. The van der Waals surface area contributed by atoms with Crippen molar-refractivity contribution in [2.24, 2.45) is 0 Å². The van der Waals surface area contributed by atoms with Gasteiger partial charge in [0.25, 0.3) is 0 Å². The summed E-state index contributed by atoms with van der Waals surface area (Å²) in [6.07, 6.45) is 0.380. The molecule has 5 nitrogen and oxygen atoms in total. The highest BCUT2D eigenvalue weighted by Crippen LogP contribution is 2.31. The number of esters is 1. The highest BCUT2D eigenvalue weighted by Gasteiger charge is 2.24. The van der Waals surface area contributed by atoms with Crippen molar-refractivity contribution >= 4 is 58.0 Å². The first-order chi connectivity index (χ1) is 12.3. The predicted octanol–water partition coefficient (Wildman–Crippen LogP) is 5.42. The fourth-order valence-corrected chi connectivity index (χ4v) is 3.45. The van der Waals surface area contributed by atoms with E-state index < -0.39 is 5.97 Å². The average Bonchev–Trinajstić information content (AvgIpc) is 2.91. The minimum atomic E-state index is -0.517. The molecule has 0 bridgehead atoms. The Kier molecular flexibility index (Phi) is 5.63. The predicted molar refractivity (Wildman–Crippen MR) is 103 cm³/mol. The van der Waals surface area contributed by atoms with Gasteiger partial charge in [0.15, 0.2) is 5.65 Å². The van der Waals surface area contributed by atoms with E-state index in [1.807, 2.05) is 6.07 Å². The molecule has 2 heterocycles. The quantitative estimate of drug-likeness (QED) is 0.408. The van der Waals surface area contributed by atoms with Gasteiger partial charge in [-0.25, -0.2) is 14.3 Å². The lowest BCUT2D eigenvalue weighted by molar-refractivity contribution is 0.0527. The fraction of sp³-hybridized carbons (Fsp3) is 0.235. The first-order valence-electron chi connectivity index (χ1n) is 7.67. The molecule has 3 rings (SSSR count). The van der Waals surface area contributed by atoms with Gasteiger partial charge in [-0.2, -0.15) is 5.10 Å². The van der Waals surface area contributed by atoms with E-state index in [1.54, 1.807) is 26.0 Å². The van der Waals surface area contributed by atoms with Crippen LogP contribution in [-0.4, -0.2) is 27.2 Å². The summed E-state index contributed by atoms with van der Waals surface area (Å²) >= 11 is 24.9. The monoisotopic (exact) mass is 431 g/mol. The van der Waals surface area contributed by atoms with Gasteiger partial charge in [0.2, 0.25) is 0 Å². The van der Waals surface area contributed by atoms with Crippen LogP contribution in [0.25, 0.3) is 5.65 Å². The number of rotatable bonds is 4. The Hall–Kier alpha value is -1.53. The maximum absolute atomic E-state index is 12.2. The molecule has 0 N–H and O–H groups in total. The Labute approximate surface area is 169 Å². The van der Waals surface area contributed by atoms with Gasteiger partial charge in [-0.15, -0.1) is 0 Å². The summed E-state index contributed by atoms with van der Waals surface area (Å²) in [5.74, 6) is -0.517. The fourth-order valence-electron chi connectivity index (χ4n) is 2.57. The highest BCUT2D eigenvalue weighted by atomic mass is 35.5. The molecule has 0 aliphatic heterocycles. The van der Waals surface area contributed by atoms with E-state index >= 15 is 0 Å². The van der Waals surface area contributed by atoms with E-state index in [0.29, 0.717) is 27.7 Å². The summed E-state index contributed by atoms with van der Waals surface area (Å²) in [5.41, 5.74) is 2.39. The number of fused-ring (bicyclic) bond motifs is 1. The number of aromatic nitrogens is 3. The Balaban J connectivity index is 2.11. The molecule has 0 spiro atoms. The summed E-state index contributed by atoms with van der Waals surface area (Å²) in [4.78, 5) is 16.5. The summed E-state index contributed by atoms with van der Waals surface area (Å²) < 4.78 is 6.45. The van der Waals surface area contributed by atoms with E-state index in [1.165, 1.54) is 4.52 Å². The van der Waals surface area contributed by atoms with Crippen molar-refractivity contribution in [3.8, 4) is 0 Å². The summed E-state index contributed by atoms with van der Waals surface area (Å²) in [5, 5.41) is 5.65. The molecule has 0 amide bonds. The van der Waals surface area contributed by atoms with Gasteiger partial charge in [-0.05, 0) is 31.5 Å². The van der Waals surface area contributed by atoms with Gasteiger partial charge in [0.1, 0.15) is 15.9 Å². The van der Waals surface area contributed by atoms with Crippen molar-refractivity contribution < 1.29 is 9.53 Å². The van der Waals surface area contributed by atoms with Gasteiger partial charge in [-0.1, -0.05) is 52.5 Å². The number of ether oxygens (including phenoxy) is 1. The van der Waals surface area contributed by atoms with Crippen molar-refractivity contribution in [3.05, 3.63) is 60.9 Å². The van der Waals surface area contributed by atoms with Crippen molar-refractivity contribution in [2.75, 3.05) is 6.61 Å². The molecule has 3 aromatic rings. The second kappa shape index (κ2) is 7.61. The van der Waals surface area contributed by atoms with Crippen LogP contribution < -0.4 is 0 Å². The van der Waals surface area contributed by atoms with Crippen molar-refractivity contribution in [3.63, 3.8) is 0 Å². The molecule has 2 aromatic heterocycles. The van der Waals surface area contributed by atoms with E-state index in [4.69, 9.17) is 51.1 Å². The number of benzene rings is 1. The van der Waals surface area contributed by atoms with Crippen LogP contribution >= 0.6 is 46.4 Å². The Morgan fingerprint density at radius 3 is 2.58 bits per heavy atom. The maximum atomic E-state index is 12.2. The van der Waals surface area contributed by atoms with Gasteiger partial charge in [0.05, 0.1) is 22.3 Å². The first-order valence-corrected chi connectivity index (χ1v) is 9.18. The Morgan fingerprint density at radius 1 is 1.19 bits per heavy atom. The van der Waals surface area contributed by atoms with Crippen LogP contribution in [0.15, 0.2) is 18.2 Å². The van der Waals surface area contributed by atoms with Crippen molar-refractivity contribution in [1.29, 1.82) is 0 Å². The molecular weight excluding hydrogens is 420 g/mol. The summed E-state index contributed by atoms with van der Waals surface area (Å²) in [6, 6.07) is 5.26. The van der Waals surface area contributed by atoms with E-state index in [-0.39, 0.29) is 28.1 Å². The third-order valence-corrected chi connectivity index (χ3v) is 5.21. The van der Waals surface area contributed by atoms with E-state index in [0.717, 1.165) is 5.56 Å². The number of carbonyl (C=O) groups is 1. The number of hydrogen-bond acceptors (Lipinski definition) is 4. The smallest absolute Gasteiger partial charge is 0.343 e. The van der Waals surface area contributed by atoms with E-state index in [9.17, 15) is 4.79 Å². The lowest BCUT2D eigenvalue weighted by Gasteiger charge is -2.09. The molecule has 0 unspecified atom stereocenters. The number of aryl methyl sites for hydroxylation is 1. The van der Waals surface area contributed by atoms with Crippen LogP contribution in [-0.2, 0) is 11.2 Å². The average molecular weight is 433 g/mol. The molecule has 0 saturated heterocycles. The second-order valence-electron chi connectivity index (χ2n) is 5.51. The lowest BCUT2D eigenvalue weighted by atomic mass is 10.1. The first kappa shape index (κ1) is 19.2. The topological polar surface area (TPSA) is 56.5 Å². The number of carbonyl (C=O) groups excluding carboxylic acids is 1. The zero-order valence-corrected chi connectivity index (χ0v) is 16.8. The molecule has 136 valence electrons. The van der Waals surface area contributed by atoms with Crippen LogP contribution in [0.5, 0.6) is 0 Å². The van der Waals surface area contributed by atoms with Gasteiger partial charge in [0, 0.05) is 12.0 Å². The Bertz CT molecular complexity index is 1020. The molecule has 0 radical (unpaired) electrons. The third-order valence-electron chi connectivity index (χ3n) is 3.77. The molecule has 0 fully saturated rings. The van der Waals surface area contributed by atoms with Crippen LogP contribution in [0.1, 0.15) is 34.1 Å². The van der Waals surface area contributed by atoms with Crippen LogP contribution in [0.4, 0.5) is 0 Å². The van der Waals surface area contributed by atoms with Gasteiger partial charge < -0.3 is 4.74 Å². The minimum Gasteiger partial charge on any atom is -0.462 e. The Morgan fingerprint density at radius 2 is 1.92 bits per heavy atom.